The van der Waals surface area contributed by atoms with Gasteiger partial charge in [-0.15, -0.1) is 11.3 Å². The van der Waals surface area contributed by atoms with Crippen molar-refractivity contribution < 1.29 is 0 Å². The molecule has 0 radical (unpaired) electrons. The van der Waals surface area contributed by atoms with Crippen LogP contribution < -0.4 is 0 Å². The average Bonchev–Trinajstić information content (AvgIpc) is 3.75. The van der Waals surface area contributed by atoms with Crippen LogP contribution in [0.25, 0.3) is 93.0 Å². The maximum atomic E-state index is 5.20. The van der Waals surface area contributed by atoms with E-state index in [1.165, 1.54) is 37.3 Å². The molecule has 10 rings (SSSR count). The van der Waals surface area contributed by atoms with Crippen LogP contribution in [0.3, 0.4) is 0 Å². The molecule has 3 heterocycles. The van der Waals surface area contributed by atoms with Crippen LogP contribution in [-0.2, 0) is 0 Å². The molecule has 7 aromatic carbocycles. The van der Waals surface area contributed by atoms with Gasteiger partial charge in [0, 0.05) is 48.6 Å². The van der Waals surface area contributed by atoms with Crippen LogP contribution in [0.1, 0.15) is 0 Å². The number of hydrogen-bond acceptors (Lipinski definition) is 4. The molecule has 0 aliphatic heterocycles. The molecule has 234 valence electrons. The van der Waals surface area contributed by atoms with E-state index in [4.69, 9.17) is 15.0 Å². The van der Waals surface area contributed by atoms with E-state index in [2.05, 4.69) is 138 Å². The minimum Gasteiger partial charge on any atom is -0.308 e. The van der Waals surface area contributed by atoms with Crippen molar-refractivity contribution in [3.63, 3.8) is 0 Å². The predicted octanol–water partition coefficient (Wildman–Crippen LogP) is 12.0. The van der Waals surface area contributed by atoms with Crippen molar-refractivity contribution in [2.24, 2.45) is 0 Å². The molecular weight excluding hydrogens is 629 g/mol. The molecule has 0 aliphatic rings. The number of nitrogens with zero attached hydrogens (tertiary/aromatic N) is 4. The fourth-order valence-corrected chi connectivity index (χ4v) is 8.45. The number of hydrogen-bond donors (Lipinski definition) is 0. The van der Waals surface area contributed by atoms with Crippen LogP contribution in [0.5, 0.6) is 0 Å². The molecule has 0 amide bonds. The third-order valence-electron chi connectivity index (χ3n) is 9.44. The first-order valence-corrected chi connectivity index (χ1v) is 17.5. The molecule has 0 spiro atoms. The maximum Gasteiger partial charge on any atom is 0.165 e. The van der Waals surface area contributed by atoms with E-state index in [9.17, 15) is 0 Å². The largest absolute Gasteiger partial charge is 0.308 e. The van der Waals surface area contributed by atoms with Gasteiger partial charge in [-0.2, -0.15) is 0 Å². The molecule has 0 bridgehead atoms. The Morgan fingerprint density at radius 2 is 0.920 bits per heavy atom. The summed E-state index contributed by atoms with van der Waals surface area (Å²) in [5.74, 6) is 1.97. The lowest BCUT2D eigenvalue weighted by Crippen LogP contribution is -2.00. The Morgan fingerprint density at radius 1 is 0.380 bits per heavy atom. The zero-order valence-corrected chi connectivity index (χ0v) is 27.7. The Kier molecular flexibility index (Phi) is 6.64. The van der Waals surface area contributed by atoms with Crippen LogP contribution in [0.4, 0.5) is 0 Å². The molecule has 3 aromatic heterocycles. The standard InChI is InChI=1S/C45H28N4S/c1-5-15-29(16-6-1)32-27-37-36-26-25-35-34-23-13-14-24-39(34)49(33-21-11-4-12-22-33)40(35)42(36)50-41(37)38(28-32)45-47-43(30-17-7-2-8-18-30)46-44(48-45)31-19-9-3-10-20-31/h1-28H. The van der Waals surface area contributed by atoms with Crippen LogP contribution in [-0.4, -0.2) is 19.5 Å². The second kappa shape index (κ2) is 11.6. The summed E-state index contributed by atoms with van der Waals surface area (Å²) in [4.78, 5) is 15.4. The van der Waals surface area contributed by atoms with E-state index in [0.717, 1.165) is 38.2 Å². The monoisotopic (exact) mass is 656 g/mol. The first kappa shape index (κ1) is 28.6. The van der Waals surface area contributed by atoms with Crippen molar-refractivity contribution in [1.29, 1.82) is 0 Å². The number of benzene rings is 7. The highest BCUT2D eigenvalue weighted by atomic mass is 32.1. The van der Waals surface area contributed by atoms with Crippen molar-refractivity contribution in [3.8, 4) is 51.0 Å². The Morgan fingerprint density at radius 3 is 1.58 bits per heavy atom. The van der Waals surface area contributed by atoms with Gasteiger partial charge < -0.3 is 4.57 Å². The van der Waals surface area contributed by atoms with Crippen molar-refractivity contribution in [2.75, 3.05) is 0 Å². The third kappa shape index (κ3) is 4.63. The fraction of sp³-hybridized carbons (Fsp3) is 0. The first-order chi connectivity index (χ1) is 24.8. The van der Waals surface area contributed by atoms with Crippen molar-refractivity contribution in [2.45, 2.75) is 0 Å². The topological polar surface area (TPSA) is 43.6 Å². The van der Waals surface area contributed by atoms with Crippen molar-refractivity contribution in [3.05, 3.63) is 170 Å². The van der Waals surface area contributed by atoms with Crippen molar-refractivity contribution >= 4 is 53.3 Å². The molecule has 50 heavy (non-hydrogen) atoms. The Bertz CT molecular complexity index is 2780. The summed E-state index contributed by atoms with van der Waals surface area (Å²) in [5, 5.41) is 4.90. The van der Waals surface area contributed by atoms with Gasteiger partial charge >= 0.3 is 0 Å². The molecule has 0 atom stereocenters. The van der Waals surface area contributed by atoms with Crippen LogP contribution in [0.2, 0.25) is 0 Å². The molecule has 0 unspecified atom stereocenters. The summed E-state index contributed by atoms with van der Waals surface area (Å²) in [6.45, 7) is 0. The number of para-hydroxylation sites is 2. The van der Waals surface area contributed by atoms with Gasteiger partial charge in [0.2, 0.25) is 0 Å². The number of rotatable bonds is 5. The van der Waals surface area contributed by atoms with Gasteiger partial charge in [0.1, 0.15) is 0 Å². The highest BCUT2D eigenvalue weighted by Crippen LogP contribution is 2.47. The molecular formula is C45H28N4S. The Hall–Kier alpha value is -6.43. The minimum absolute atomic E-state index is 0.653. The lowest BCUT2D eigenvalue weighted by atomic mass is 9.98. The SMILES string of the molecule is c1ccc(-c2cc(-c3nc(-c4ccccc4)nc(-c4ccccc4)n3)c3sc4c(ccc5c6ccccc6n(-c6ccccc6)c54)c3c2)cc1. The van der Waals surface area contributed by atoms with Crippen molar-refractivity contribution in [1.82, 2.24) is 19.5 Å². The zero-order chi connectivity index (χ0) is 33.0. The van der Waals surface area contributed by atoms with Gasteiger partial charge in [-0.3, -0.25) is 0 Å². The molecule has 0 saturated heterocycles. The summed E-state index contributed by atoms with van der Waals surface area (Å²) in [6, 6.07) is 59.6. The summed E-state index contributed by atoms with van der Waals surface area (Å²) in [7, 11) is 0. The van der Waals surface area contributed by atoms with E-state index in [-0.39, 0.29) is 0 Å². The molecule has 4 nitrogen and oxygen atoms in total. The second-order valence-electron chi connectivity index (χ2n) is 12.4. The number of aromatic nitrogens is 4. The molecule has 0 N–H and O–H groups in total. The van der Waals surface area contributed by atoms with Crippen LogP contribution in [0, 0.1) is 0 Å². The van der Waals surface area contributed by atoms with Gasteiger partial charge in [-0.05, 0) is 41.5 Å². The van der Waals surface area contributed by atoms with E-state index < -0.39 is 0 Å². The average molecular weight is 657 g/mol. The lowest BCUT2D eigenvalue weighted by molar-refractivity contribution is 1.08. The number of thiophene rings is 1. The summed E-state index contributed by atoms with van der Waals surface area (Å²) in [5.41, 5.74) is 8.73. The van der Waals surface area contributed by atoms with E-state index in [1.807, 2.05) is 47.7 Å². The Balaban J connectivity index is 1.33. The maximum absolute atomic E-state index is 5.20. The highest BCUT2D eigenvalue weighted by Gasteiger charge is 2.22. The first-order valence-electron chi connectivity index (χ1n) is 16.7. The fourth-order valence-electron chi connectivity index (χ4n) is 7.12. The summed E-state index contributed by atoms with van der Waals surface area (Å²) in [6.07, 6.45) is 0. The molecule has 0 aliphatic carbocycles. The second-order valence-corrected chi connectivity index (χ2v) is 13.5. The summed E-state index contributed by atoms with van der Waals surface area (Å²) >= 11 is 1.82. The smallest absolute Gasteiger partial charge is 0.165 e. The van der Waals surface area contributed by atoms with Gasteiger partial charge in [0.25, 0.3) is 0 Å². The predicted molar refractivity (Wildman–Crippen MR) is 209 cm³/mol. The third-order valence-corrected chi connectivity index (χ3v) is 10.7. The van der Waals surface area contributed by atoms with E-state index >= 15 is 0 Å². The van der Waals surface area contributed by atoms with Gasteiger partial charge in [-0.25, -0.2) is 15.0 Å². The highest BCUT2D eigenvalue weighted by molar-refractivity contribution is 7.27. The molecule has 0 fully saturated rings. The lowest BCUT2D eigenvalue weighted by Gasteiger charge is -2.11. The normalized spacial score (nSPS) is 11.6. The summed E-state index contributed by atoms with van der Waals surface area (Å²) < 4.78 is 4.82. The van der Waals surface area contributed by atoms with Crippen LogP contribution in [0.15, 0.2) is 170 Å². The van der Waals surface area contributed by atoms with E-state index in [0.29, 0.717) is 17.5 Å². The van der Waals surface area contributed by atoms with E-state index in [1.54, 1.807) is 0 Å². The molecule has 10 aromatic rings. The van der Waals surface area contributed by atoms with Gasteiger partial charge in [0.05, 0.1) is 15.7 Å². The Labute approximate surface area is 292 Å². The minimum atomic E-state index is 0.653. The van der Waals surface area contributed by atoms with Gasteiger partial charge in [0.15, 0.2) is 17.5 Å². The molecule has 0 saturated carbocycles. The molecule has 5 heteroatoms. The number of fused-ring (bicyclic) bond motifs is 7. The van der Waals surface area contributed by atoms with Crippen LogP contribution >= 0.6 is 11.3 Å². The van der Waals surface area contributed by atoms with Gasteiger partial charge in [-0.1, -0.05) is 140 Å². The quantitative estimate of drug-likeness (QED) is 0.185. The zero-order valence-electron chi connectivity index (χ0n) is 26.9.